The van der Waals surface area contributed by atoms with Crippen LogP contribution in [0, 0.1) is 11.8 Å². The number of hydrogen-bond acceptors (Lipinski definition) is 4. The summed E-state index contributed by atoms with van der Waals surface area (Å²) in [4.78, 5) is 23.5. The lowest BCUT2D eigenvalue weighted by Crippen LogP contribution is -2.64. The number of amides is 2. The van der Waals surface area contributed by atoms with Gasteiger partial charge in [-0.15, -0.1) is 0 Å². The van der Waals surface area contributed by atoms with Gasteiger partial charge in [0.1, 0.15) is 6.54 Å². The van der Waals surface area contributed by atoms with Gasteiger partial charge in [-0.25, -0.2) is 5.48 Å². The summed E-state index contributed by atoms with van der Waals surface area (Å²) in [7, 11) is 0. The number of anilines is 1. The molecule has 8 N–H and O–H groups in total. The molecule has 0 heterocycles. The monoisotopic (exact) mass is 339 g/mol. The molecule has 0 aliphatic carbocycles. The van der Waals surface area contributed by atoms with Crippen molar-refractivity contribution in [2.45, 2.75) is 6.04 Å². The average Bonchev–Trinajstić information content (AvgIpc) is 2.65. The lowest BCUT2D eigenvalue weighted by Gasteiger charge is -2.12. The van der Waals surface area contributed by atoms with Gasteiger partial charge < -0.3 is 16.8 Å². The van der Waals surface area contributed by atoms with E-state index in [1.54, 1.807) is 36.4 Å². The summed E-state index contributed by atoms with van der Waals surface area (Å²) in [5.41, 5.74) is 13.3. The molecule has 2 aromatic carbocycles. The summed E-state index contributed by atoms with van der Waals surface area (Å²) in [6.45, 7) is 0.114. The van der Waals surface area contributed by atoms with Crippen LogP contribution in [0.25, 0.3) is 0 Å². The van der Waals surface area contributed by atoms with Gasteiger partial charge in [-0.1, -0.05) is 11.8 Å². The van der Waals surface area contributed by atoms with Crippen LogP contribution in [0.1, 0.15) is 21.5 Å². The highest BCUT2D eigenvalue weighted by Crippen LogP contribution is 2.06. The summed E-state index contributed by atoms with van der Waals surface area (Å²) in [5.74, 6) is 4.85. The van der Waals surface area contributed by atoms with Crippen molar-refractivity contribution < 1.29 is 20.5 Å². The van der Waals surface area contributed by atoms with E-state index in [0.29, 0.717) is 11.3 Å². The van der Waals surface area contributed by atoms with Crippen molar-refractivity contribution >= 4 is 17.5 Å². The molecule has 0 spiro atoms. The fourth-order valence-electron chi connectivity index (χ4n) is 2.00. The number of nitrogens with two attached hydrogens (primary N) is 1. The topological polar surface area (TPSA) is 132 Å². The third kappa shape index (κ3) is 5.07. The molecule has 0 radical (unpaired) electrons. The number of carbonyl (C=O) groups is 2. The van der Waals surface area contributed by atoms with Crippen molar-refractivity contribution in [3.8, 4) is 11.8 Å². The largest absolute Gasteiger partial charge is 0.399 e. The normalized spacial score (nSPS) is 11.0. The van der Waals surface area contributed by atoms with Crippen LogP contribution in [0.2, 0.25) is 0 Å². The van der Waals surface area contributed by atoms with Gasteiger partial charge in [0, 0.05) is 22.4 Å². The van der Waals surface area contributed by atoms with Gasteiger partial charge in [0.05, 0.1) is 0 Å². The van der Waals surface area contributed by atoms with E-state index in [1.807, 2.05) is 12.1 Å². The summed E-state index contributed by atoms with van der Waals surface area (Å²) in [6, 6.07) is 13.0. The van der Waals surface area contributed by atoms with Gasteiger partial charge in [-0.2, -0.15) is 0 Å². The van der Waals surface area contributed by atoms with E-state index in [0.717, 1.165) is 11.1 Å². The van der Waals surface area contributed by atoms with Crippen LogP contribution in [-0.2, 0) is 4.79 Å². The second kappa shape index (κ2) is 8.49. The van der Waals surface area contributed by atoms with Gasteiger partial charge in [0.15, 0.2) is 6.04 Å². The first-order valence-corrected chi connectivity index (χ1v) is 7.55. The second-order valence-electron chi connectivity index (χ2n) is 5.24. The summed E-state index contributed by atoms with van der Waals surface area (Å²) in [6.07, 6.45) is 0. The highest BCUT2D eigenvalue weighted by atomic mass is 16.5. The molecule has 7 nitrogen and oxygen atoms in total. The number of hydroxylamine groups is 1. The maximum atomic E-state index is 12.1. The predicted octanol–water partition coefficient (Wildman–Crippen LogP) is -0.486. The second-order valence-corrected chi connectivity index (χ2v) is 5.24. The Morgan fingerprint density at radius 3 is 2.04 bits per heavy atom. The number of nitrogens with one attached hydrogen (secondary N) is 2. The zero-order chi connectivity index (χ0) is 18.2. The van der Waals surface area contributed by atoms with Crippen molar-refractivity contribution in [2.75, 3.05) is 12.3 Å². The molecule has 0 aromatic heterocycles. The minimum atomic E-state index is -0.900. The first-order valence-electron chi connectivity index (χ1n) is 7.55. The van der Waals surface area contributed by atoms with Crippen molar-refractivity contribution in [3.05, 3.63) is 65.2 Å². The molecule has 0 bridgehead atoms. The molecule has 0 aliphatic heterocycles. The van der Waals surface area contributed by atoms with Gasteiger partial charge in [0.25, 0.3) is 11.8 Å². The quantitative estimate of drug-likeness (QED) is 0.223. The van der Waals surface area contributed by atoms with Crippen LogP contribution in [0.4, 0.5) is 5.69 Å². The van der Waals surface area contributed by atoms with Crippen LogP contribution < -0.4 is 22.3 Å². The molecule has 128 valence electrons. The molecular weight excluding hydrogens is 320 g/mol. The zero-order valence-corrected chi connectivity index (χ0v) is 13.5. The molecule has 1 unspecified atom stereocenters. The number of rotatable bonds is 4. The summed E-state index contributed by atoms with van der Waals surface area (Å²) < 4.78 is 0. The Bertz CT molecular complexity index is 805. The van der Waals surface area contributed by atoms with Gasteiger partial charge >= 0.3 is 0 Å². The van der Waals surface area contributed by atoms with E-state index < -0.39 is 17.9 Å². The molecule has 0 fully saturated rings. The Balaban J connectivity index is 2.05. The minimum absolute atomic E-state index is 0.114. The number of carbonyl (C=O) groups excluding carboxylic acids is 2. The Labute approximate surface area is 145 Å². The van der Waals surface area contributed by atoms with Crippen molar-refractivity contribution in [1.82, 2.24) is 10.8 Å². The molecular formula is C18H19N4O3+. The number of nitrogen functional groups attached to an aromatic ring is 1. The average molecular weight is 339 g/mol. The molecule has 2 amide bonds. The predicted molar refractivity (Wildman–Crippen MR) is 92.2 cm³/mol. The van der Waals surface area contributed by atoms with E-state index in [4.69, 9.17) is 10.9 Å². The third-order valence-electron chi connectivity index (χ3n) is 3.43. The van der Waals surface area contributed by atoms with Crippen molar-refractivity contribution in [3.63, 3.8) is 0 Å². The highest BCUT2D eigenvalue weighted by Gasteiger charge is 2.21. The van der Waals surface area contributed by atoms with Crippen LogP contribution >= 0.6 is 0 Å². The molecule has 25 heavy (non-hydrogen) atoms. The van der Waals surface area contributed by atoms with Crippen molar-refractivity contribution in [2.24, 2.45) is 0 Å². The van der Waals surface area contributed by atoms with E-state index in [1.165, 1.54) is 5.48 Å². The smallest absolute Gasteiger partial charge is 0.271 e. The van der Waals surface area contributed by atoms with Crippen LogP contribution in [0.15, 0.2) is 48.5 Å². The Kier molecular flexibility index (Phi) is 6.12. The number of benzene rings is 2. The molecule has 0 saturated carbocycles. The van der Waals surface area contributed by atoms with Gasteiger partial charge in [0.2, 0.25) is 0 Å². The zero-order valence-electron chi connectivity index (χ0n) is 13.5. The minimum Gasteiger partial charge on any atom is -0.399 e. The lowest BCUT2D eigenvalue weighted by atomic mass is 10.1. The van der Waals surface area contributed by atoms with Gasteiger partial charge in [-0.05, 0) is 48.5 Å². The first-order chi connectivity index (χ1) is 12.0. The first kappa shape index (κ1) is 18.0. The number of quaternary nitrogens is 1. The standard InChI is InChI=1S/C18H18N4O3/c19-11-16(18(24)22-25)21-17(23)14-7-3-12(4-8-14)1-2-13-5-9-15(20)10-6-13/h3-10,16,25H,11,19-20H2,(H,21,23)(H,22,24)/p+1. The Morgan fingerprint density at radius 2 is 1.56 bits per heavy atom. The fourth-order valence-corrected chi connectivity index (χ4v) is 2.00. The van der Waals surface area contributed by atoms with Crippen LogP contribution in [-0.4, -0.2) is 29.6 Å². The van der Waals surface area contributed by atoms with Crippen LogP contribution in [0.5, 0.6) is 0 Å². The molecule has 1 atom stereocenters. The lowest BCUT2D eigenvalue weighted by molar-refractivity contribution is -0.370. The number of hydrogen-bond donors (Lipinski definition) is 5. The van der Waals surface area contributed by atoms with E-state index in [-0.39, 0.29) is 6.54 Å². The molecule has 0 saturated heterocycles. The third-order valence-corrected chi connectivity index (χ3v) is 3.43. The maximum absolute atomic E-state index is 12.1. The Morgan fingerprint density at radius 1 is 1.04 bits per heavy atom. The van der Waals surface area contributed by atoms with Gasteiger partial charge in [-0.3, -0.25) is 14.8 Å². The Hall–Kier alpha value is -3.34. The fraction of sp³-hybridized carbons (Fsp3) is 0.111. The van der Waals surface area contributed by atoms with E-state index >= 15 is 0 Å². The maximum Gasteiger partial charge on any atom is 0.271 e. The molecule has 2 rings (SSSR count). The summed E-state index contributed by atoms with van der Waals surface area (Å²) in [5, 5.41) is 11.1. The highest BCUT2D eigenvalue weighted by molar-refractivity contribution is 5.97. The SMILES string of the molecule is Nc1ccc(C#Cc2ccc(C(=O)NC(C[NH3+])C(=O)NO)cc2)cc1. The van der Waals surface area contributed by atoms with E-state index in [9.17, 15) is 9.59 Å². The van der Waals surface area contributed by atoms with Crippen LogP contribution in [0.3, 0.4) is 0 Å². The summed E-state index contributed by atoms with van der Waals surface area (Å²) >= 11 is 0. The van der Waals surface area contributed by atoms with Crippen molar-refractivity contribution in [1.29, 1.82) is 0 Å². The molecule has 7 heteroatoms. The van der Waals surface area contributed by atoms with E-state index in [2.05, 4.69) is 22.9 Å². The molecule has 2 aromatic rings. The molecule has 0 aliphatic rings.